The third kappa shape index (κ3) is 3.54. The SMILES string of the molecule is CCOC(=O)CC(O)C(O)c1cnc(N)c(N)n1. The number of carbonyl (C=O) groups excluding carboxylic acids is 1. The Kier molecular flexibility index (Phi) is 4.81. The second-order valence-corrected chi connectivity index (χ2v) is 3.59. The normalized spacial score (nSPS) is 13.9. The molecule has 2 unspecified atom stereocenters. The van der Waals surface area contributed by atoms with Gasteiger partial charge in [-0.05, 0) is 6.92 Å². The predicted molar refractivity (Wildman–Crippen MR) is 63.1 cm³/mol. The van der Waals surface area contributed by atoms with E-state index in [1.165, 1.54) is 6.20 Å². The Morgan fingerprint density at radius 1 is 1.44 bits per heavy atom. The summed E-state index contributed by atoms with van der Waals surface area (Å²) < 4.78 is 4.65. The molecule has 0 bridgehead atoms. The molecule has 0 aliphatic heterocycles. The van der Waals surface area contributed by atoms with Gasteiger partial charge in [0.25, 0.3) is 0 Å². The van der Waals surface area contributed by atoms with Gasteiger partial charge >= 0.3 is 5.97 Å². The standard InChI is InChI=1S/C10H16N4O4/c1-2-18-7(16)3-6(15)8(17)5-4-13-9(11)10(12)14-5/h4,6,8,15,17H,2-3H2,1H3,(H2,11,13)(H2,12,14). The first-order valence-corrected chi connectivity index (χ1v) is 5.35. The molecule has 6 N–H and O–H groups in total. The van der Waals surface area contributed by atoms with E-state index in [9.17, 15) is 15.0 Å². The number of nitrogens with zero attached hydrogens (tertiary/aromatic N) is 2. The fourth-order valence-corrected chi connectivity index (χ4v) is 1.27. The van der Waals surface area contributed by atoms with Crippen molar-refractivity contribution in [1.29, 1.82) is 0 Å². The van der Waals surface area contributed by atoms with E-state index in [-0.39, 0.29) is 30.4 Å². The van der Waals surface area contributed by atoms with Gasteiger partial charge in [0.2, 0.25) is 0 Å². The molecule has 0 radical (unpaired) electrons. The van der Waals surface area contributed by atoms with Crippen LogP contribution in [0.25, 0.3) is 0 Å². The number of nitrogens with two attached hydrogens (primary N) is 2. The zero-order chi connectivity index (χ0) is 13.7. The first-order valence-electron chi connectivity index (χ1n) is 5.35. The number of carbonyl (C=O) groups is 1. The van der Waals surface area contributed by atoms with Crippen LogP contribution in [0.5, 0.6) is 0 Å². The van der Waals surface area contributed by atoms with Gasteiger partial charge in [0.1, 0.15) is 6.10 Å². The van der Waals surface area contributed by atoms with Crippen LogP contribution in [0.4, 0.5) is 11.6 Å². The summed E-state index contributed by atoms with van der Waals surface area (Å²) in [7, 11) is 0. The predicted octanol–water partition coefficient (Wildman–Crippen LogP) is -1.01. The minimum absolute atomic E-state index is 0.0332. The summed E-state index contributed by atoms with van der Waals surface area (Å²) in [5, 5.41) is 19.4. The second-order valence-electron chi connectivity index (χ2n) is 3.59. The third-order valence-electron chi connectivity index (χ3n) is 2.20. The molecule has 8 heteroatoms. The van der Waals surface area contributed by atoms with E-state index in [4.69, 9.17) is 11.5 Å². The number of hydrogen-bond donors (Lipinski definition) is 4. The molecule has 0 saturated carbocycles. The average molecular weight is 256 g/mol. The van der Waals surface area contributed by atoms with Gasteiger partial charge in [0.15, 0.2) is 11.6 Å². The Morgan fingerprint density at radius 3 is 2.67 bits per heavy atom. The van der Waals surface area contributed by atoms with E-state index in [1.54, 1.807) is 6.92 Å². The van der Waals surface area contributed by atoms with Crippen molar-refractivity contribution in [3.8, 4) is 0 Å². The molecule has 0 aliphatic rings. The minimum Gasteiger partial charge on any atom is -0.466 e. The van der Waals surface area contributed by atoms with Gasteiger partial charge in [-0.2, -0.15) is 0 Å². The van der Waals surface area contributed by atoms with Crippen LogP contribution in [0.1, 0.15) is 25.1 Å². The highest BCUT2D eigenvalue weighted by Crippen LogP contribution is 2.19. The van der Waals surface area contributed by atoms with Crippen LogP contribution in [0.2, 0.25) is 0 Å². The molecule has 100 valence electrons. The highest BCUT2D eigenvalue weighted by Gasteiger charge is 2.24. The molecule has 0 aromatic carbocycles. The van der Waals surface area contributed by atoms with Crippen molar-refractivity contribution in [2.24, 2.45) is 0 Å². The first-order chi connectivity index (χ1) is 8.45. The molecule has 1 rings (SSSR count). The number of aliphatic hydroxyl groups excluding tert-OH is 2. The number of aromatic nitrogens is 2. The molecule has 2 atom stereocenters. The van der Waals surface area contributed by atoms with Gasteiger partial charge < -0.3 is 26.4 Å². The largest absolute Gasteiger partial charge is 0.466 e. The highest BCUT2D eigenvalue weighted by molar-refractivity contribution is 5.70. The van der Waals surface area contributed by atoms with E-state index in [0.29, 0.717) is 0 Å². The summed E-state index contributed by atoms with van der Waals surface area (Å²) >= 11 is 0. The van der Waals surface area contributed by atoms with Crippen molar-refractivity contribution >= 4 is 17.6 Å². The molecule has 1 aromatic rings. The van der Waals surface area contributed by atoms with E-state index in [2.05, 4.69) is 14.7 Å². The van der Waals surface area contributed by atoms with Crippen molar-refractivity contribution in [2.45, 2.75) is 25.6 Å². The van der Waals surface area contributed by atoms with Gasteiger partial charge in [-0.3, -0.25) is 4.79 Å². The van der Waals surface area contributed by atoms with Crippen molar-refractivity contribution < 1.29 is 19.7 Å². The van der Waals surface area contributed by atoms with Crippen molar-refractivity contribution in [1.82, 2.24) is 9.97 Å². The fourth-order valence-electron chi connectivity index (χ4n) is 1.27. The third-order valence-corrected chi connectivity index (χ3v) is 2.20. The minimum atomic E-state index is -1.38. The summed E-state index contributed by atoms with van der Waals surface area (Å²) in [6.07, 6.45) is -1.89. The average Bonchev–Trinajstić information content (AvgIpc) is 2.32. The molecule has 0 fully saturated rings. The van der Waals surface area contributed by atoms with Gasteiger partial charge in [-0.15, -0.1) is 0 Å². The lowest BCUT2D eigenvalue weighted by Gasteiger charge is -2.16. The van der Waals surface area contributed by atoms with E-state index in [1.807, 2.05) is 0 Å². The maximum atomic E-state index is 11.1. The summed E-state index contributed by atoms with van der Waals surface area (Å²) in [5.41, 5.74) is 10.8. The maximum absolute atomic E-state index is 11.1. The van der Waals surface area contributed by atoms with Crippen molar-refractivity contribution in [2.75, 3.05) is 18.1 Å². The first kappa shape index (κ1) is 14.1. The smallest absolute Gasteiger partial charge is 0.308 e. The van der Waals surface area contributed by atoms with Crippen LogP contribution in [0.15, 0.2) is 6.20 Å². The van der Waals surface area contributed by atoms with Gasteiger partial charge in [0, 0.05) is 0 Å². The van der Waals surface area contributed by atoms with Gasteiger partial charge in [0.05, 0.1) is 31.0 Å². The van der Waals surface area contributed by atoms with E-state index < -0.39 is 18.2 Å². The number of rotatable bonds is 5. The number of nitrogen functional groups attached to an aromatic ring is 2. The van der Waals surface area contributed by atoms with Crippen molar-refractivity contribution in [3.63, 3.8) is 0 Å². The van der Waals surface area contributed by atoms with Gasteiger partial charge in [-0.1, -0.05) is 0 Å². The Hall–Kier alpha value is -1.93. The molecule has 0 saturated heterocycles. The quantitative estimate of drug-likeness (QED) is 0.490. The number of anilines is 2. The summed E-state index contributed by atoms with van der Waals surface area (Å²) in [6, 6.07) is 0. The lowest BCUT2D eigenvalue weighted by Crippen LogP contribution is -2.24. The second kappa shape index (κ2) is 6.12. The Balaban J connectivity index is 2.70. The molecule has 0 aliphatic carbocycles. The van der Waals surface area contributed by atoms with Crippen LogP contribution >= 0.6 is 0 Å². The monoisotopic (exact) mass is 256 g/mol. The summed E-state index contributed by atoms with van der Waals surface area (Å²) in [4.78, 5) is 18.6. The van der Waals surface area contributed by atoms with Crippen molar-refractivity contribution in [3.05, 3.63) is 11.9 Å². The Morgan fingerprint density at radius 2 is 2.11 bits per heavy atom. The molecule has 0 amide bonds. The van der Waals surface area contributed by atoms with Crippen LogP contribution in [0, 0.1) is 0 Å². The van der Waals surface area contributed by atoms with Crippen LogP contribution in [0.3, 0.4) is 0 Å². The molecule has 8 nitrogen and oxygen atoms in total. The molecule has 1 aromatic heterocycles. The lowest BCUT2D eigenvalue weighted by molar-refractivity contribution is -0.147. The molecule has 18 heavy (non-hydrogen) atoms. The number of esters is 1. The Labute approximate surface area is 104 Å². The van der Waals surface area contributed by atoms with E-state index in [0.717, 1.165) is 0 Å². The highest BCUT2D eigenvalue weighted by atomic mass is 16.5. The van der Waals surface area contributed by atoms with Crippen LogP contribution < -0.4 is 11.5 Å². The number of hydrogen-bond acceptors (Lipinski definition) is 8. The molecule has 1 heterocycles. The summed E-state index contributed by atoms with van der Waals surface area (Å²) in [6.45, 7) is 1.85. The topological polar surface area (TPSA) is 145 Å². The zero-order valence-electron chi connectivity index (χ0n) is 9.91. The number of ether oxygens (including phenoxy) is 1. The fraction of sp³-hybridized carbons (Fsp3) is 0.500. The van der Waals surface area contributed by atoms with Gasteiger partial charge in [-0.25, -0.2) is 9.97 Å². The molecule has 0 spiro atoms. The zero-order valence-corrected chi connectivity index (χ0v) is 9.91. The van der Waals surface area contributed by atoms with E-state index >= 15 is 0 Å². The number of aliphatic hydroxyl groups is 2. The maximum Gasteiger partial charge on any atom is 0.308 e. The van der Waals surface area contributed by atoms with Crippen LogP contribution in [-0.2, 0) is 9.53 Å². The summed E-state index contributed by atoms with van der Waals surface area (Å²) in [5.74, 6) is -0.624. The molecular formula is C10H16N4O4. The van der Waals surface area contributed by atoms with Crippen LogP contribution in [-0.4, -0.2) is 38.9 Å². The Bertz CT molecular complexity index is 426. The molecular weight excluding hydrogens is 240 g/mol. The lowest BCUT2D eigenvalue weighted by atomic mass is 10.1.